The van der Waals surface area contributed by atoms with Crippen LogP contribution in [0.15, 0.2) is 36.3 Å². The Kier molecular flexibility index (Phi) is 3.38. The number of rotatable bonds is 3. The fraction of sp³-hybridized carbons (Fsp3) is 0.273. The summed E-state index contributed by atoms with van der Waals surface area (Å²) < 4.78 is 0. The van der Waals surface area contributed by atoms with Crippen molar-refractivity contribution in [2.24, 2.45) is 0 Å². The highest BCUT2D eigenvalue weighted by molar-refractivity contribution is 5.65. The minimum Gasteiger partial charge on any atom is -0.481 e. The van der Waals surface area contributed by atoms with E-state index in [2.05, 4.69) is 0 Å². The van der Waals surface area contributed by atoms with Gasteiger partial charge in [0.25, 0.3) is 5.95 Å². The van der Waals surface area contributed by atoms with Crippen molar-refractivity contribution in [2.45, 2.75) is 19.8 Å². The summed E-state index contributed by atoms with van der Waals surface area (Å²) in [6.07, 6.45) is 1.58. The zero-order valence-corrected chi connectivity index (χ0v) is 7.70. The normalized spacial score (nSPS) is 9.62. The van der Waals surface area contributed by atoms with Crippen molar-refractivity contribution in [3.05, 3.63) is 41.8 Å². The maximum absolute atomic E-state index is 9.03. The summed E-state index contributed by atoms with van der Waals surface area (Å²) in [5.74, 6) is -0.562. The second kappa shape index (κ2) is 4.55. The third-order valence-electron chi connectivity index (χ3n) is 1.89. The van der Waals surface area contributed by atoms with E-state index in [0.717, 1.165) is 12.0 Å². The third-order valence-corrected chi connectivity index (χ3v) is 1.89. The molecule has 0 amide bonds. The van der Waals surface area contributed by atoms with Gasteiger partial charge in [-0.15, -0.1) is 0 Å². The first-order chi connectivity index (χ1) is 6.25. The fourth-order valence-corrected chi connectivity index (χ4v) is 1.27. The van der Waals surface area contributed by atoms with Gasteiger partial charge in [-0.3, -0.25) is 0 Å². The van der Waals surface area contributed by atoms with Gasteiger partial charge in [0.15, 0.2) is 0 Å². The first-order valence-electron chi connectivity index (χ1n) is 4.42. The molecule has 0 heterocycles. The van der Waals surface area contributed by atoms with E-state index in [1.54, 1.807) is 0 Å². The highest BCUT2D eigenvalue weighted by atomic mass is 16.5. The molecule has 0 saturated carbocycles. The molecule has 2 N–H and O–H groups in total. The van der Waals surface area contributed by atoms with Crippen molar-refractivity contribution in [2.75, 3.05) is 0 Å². The lowest BCUT2D eigenvalue weighted by Gasteiger charge is -2.05. The predicted octanol–water partition coefficient (Wildman–Crippen LogP) is 3.27. The summed E-state index contributed by atoms with van der Waals surface area (Å²) >= 11 is 0. The van der Waals surface area contributed by atoms with Gasteiger partial charge >= 0.3 is 0 Å². The fourth-order valence-electron chi connectivity index (χ4n) is 1.27. The molecule has 1 aromatic rings. The van der Waals surface area contributed by atoms with Crippen LogP contribution in [0.5, 0.6) is 0 Å². The van der Waals surface area contributed by atoms with E-state index in [0.29, 0.717) is 12.0 Å². The number of aliphatic hydroxyl groups is 2. The molecule has 0 unspecified atom stereocenters. The summed E-state index contributed by atoms with van der Waals surface area (Å²) in [5.41, 5.74) is 1.49. The van der Waals surface area contributed by atoms with Crippen LogP contribution in [0.25, 0.3) is 5.57 Å². The molecule has 0 atom stereocenters. The minimum atomic E-state index is -0.562. The molecule has 0 aliphatic rings. The van der Waals surface area contributed by atoms with Gasteiger partial charge in [0.1, 0.15) is 0 Å². The van der Waals surface area contributed by atoms with E-state index in [9.17, 15) is 0 Å². The molecule has 0 fully saturated rings. The largest absolute Gasteiger partial charge is 0.481 e. The Morgan fingerprint density at radius 1 is 1.15 bits per heavy atom. The van der Waals surface area contributed by atoms with Crippen molar-refractivity contribution < 1.29 is 10.2 Å². The minimum absolute atomic E-state index is 0.562. The van der Waals surface area contributed by atoms with Crippen LogP contribution >= 0.6 is 0 Å². The van der Waals surface area contributed by atoms with Crippen molar-refractivity contribution in [3.8, 4) is 0 Å². The van der Waals surface area contributed by atoms with Crippen LogP contribution in [0, 0.1) is 0 Å². The maximum Gasteiger partial charge on any atom is 0.278 e. The van der Waals surface area contributed by atoms with Crippen molar-refractivity contribution in [1.82, 2.24) is 0 Å². The third kappa shape index (κ3) is 2.51. The van der Waals surface area contributed by atoms with E-state index in [-0.39, 0.29) is 0 Å². The second-order valence-corrected chi connectivity index (χ2v) is 2.92. The van der Waals surface area contributed by atoms with E-state index >= 15 is 0 Å². The van der Waals surface area contributed by atoms with Crippen LogP contribution < -0.4 is 0 Å². The van der Waals surface area contributed by atoms with Crippen LogP contribution in [0.1, 0.15) is 25.3 Å². The van der Waals surface area contributed by atoms with Crippen LogP contribution in [-0.2, 0) is 0 Å². The van der Waals surface area contributed by atoms with E-state index in [4.69, 9.17) is 10.2 Å². The molecule has 0 bridgehead atoms. The molecular formula is C11H14O2. The molecule has 1 aromatic carbocycles. The number of benzene rings is 1. The molecule has 0 aromatic heterocycles. The number of hydrogen-bond donors (Lipinski definition) is 2. The Morgan fingerprint density at radius 3 is 2.23 bits per heavy atom. The predicted molar refractivity (Wildman–Crippen MR) is 53.5 cm³/mol. The Morgan fingerprint density at radius 2 is 1.77 bits per heavy atom. The van der Waals surface area contributed by atoms with Gasteiger partial charge in [0, 0.05) is 5.57 Å². The zero-order valence-electron chi connectivity index (χ0n) is 7.70. The topological polar surface area (TPSA) is 40.5 Å². The number of hydrogen-bond acceptors (Lipinski definition) is 2. The molecule has 2 nitrogen and oxygen atoms in total. The van der Waals surface area contributed by atoms with Gasteiger partial charge in [-0.1, -0.05) is 43.7 Å². The van der Waals surface area contributed by atoms with E-state index in [1.165, 1.54) is 0 Å². The molecule has 0 aliphatic heterocycles. The lowest BCUT2D eigenvalue weighted by Crippen LogP contribution is -1.90. The van der Waals surface area contributed by atoms with Gasteiger partial charge in [-0.2, -0.15) is 0 Å². The zero-order chi connectivity index (χ0) is 9.68. The van der Waals surface area contributed by atoms with E-state index < -0.39 is 5.95 Å². The van der Waals surface area contributed by atoms with Gasteiger partial charge < -0.3 is 10.2 Å². The molecule has 0 aliphatic carbocycles. The van der Waals surface area contributed by atoms with Gasteiger partial charge in [-0.05, 0) is 12.0 Å². The molecule has 1 rings (SSSR count). The smallest absolute Gasteiger partial charge is 0.278 e. The summed E-state index contributed by atoms with van der Waals surface area (Å²) in [6, 6.07) is 9.41. The highest BCUT2D eigenvalue weighted by Crippen LogP contribution is 2.21. The quantitative estimate of drug-likeness (QED) is 0.697. The molecule has 0 saturated heterocycles. The first kappa shape index (κ1) is 9.65. The molecule has 70 valence electrons. The van der Waals surface area contributed by atoms with Crippen molar-refractivity contribution in [1.29, 1.82) is 0 Å². The highest BCUT2D eigenvalue weighted by Gasteiger charge is 2.05. The van der Waals surface area contributed by atoms with Gasteiger partial charge in [0.05, 0.1) is 0 Å². The molecule has 0 radical (unpaired) electrons. The Bertz CT molecular complexity index is 284. The SMILES string of the molecule is CCCC(=C(O)O)c1ccccc1. The first-order valence-corrected chi connectivity index (χ1v) is 4.42. The monoisotopic (exact) mass is 178 g/mol. The van der Waals surface area contributed by atoms with Gasteiger partial charge in [0.2, 0.25) is 0 Å². The average Bonchev–Trinajstić information content (AvgIpc) is 2.15. The maximum atomic E-state index is 9.03. The van der Waals surface area contributed by atoms with Crippen LogP contribution in [-0.4, -0.2) is 10.2 Å². The molecule has 13 heavy (non-hydrogen) atoms. The molecular weight excluding hydrogens is 164 g/mol. The number of aliphatic hydroxyl groups excluding tert-OH is 1. The lowest BCUT2D eigenvalue weighted by molar-refractivity contribution is 0.193. The Labute approximate surface area is 78.2 Å². The van der Waals surface area contributed by atoms with Crippen molar-refractivity contribution in [3.63, 3.8) is 0 Å². The summed E-state index contributed by atoms with van der Waals surface area (Å²) in [6.45, 7) is 2.01. The summed E-state index contributed by atoms with van der Waals surface area (Å²) in [7, 11) is 0. The van der Waals surface area contributed by atoms with Crippen LogP contribution in [0.3, 0.4) is 0 Å². The van der Waals surface area contributed by atoms with Crippen molar-refractivity contribution >= 4 is 5.57 Å². The summed E-state index contributed by atoms with van der Waals surface area (Å²) in [5, 5.41) is 18.1. The Hall–Kier alpha value is -1.44. The summed E-state index contributed by atoms with van der Waals surface area (Å²) in [4.78, 5) is 0. The van der Waals surface area contributed by atoms with Gasteiger partial charge in [-0.25, -0.2) is 0 Å². The second-order valence-electron chi connectivity index (χ2n) is 2.92. The van der Waals surface area contributed by atoms with Crippen LogP contribution in [0.4, 0.5) is 0 Å². The Balaban J connectivity index is 2.97. The number of allylic oxidation sites excluding steroid dienone is 1. The average molecular weight is 178 g/mol. The molecule has 2 heteroatoms. The lowest BCUT2D eigenvalue weighted by atomic mass is 10.0. The standard InChI is InChI=1S/C11H14O2/c1-2-6-10(11(12)13)9-7-4-3-5-8-9/h3-5,7-8,12-13H,2,6H2,1H3. The molecule has 0 spiro atoms. The van der Waals surface area contributed by atoms with Crippen LogP contribution in [0.2, 0.25) is 0 Å². The van der Waals surface area contributed by atoms with E-state index in [1.807, 2.05) is 37.3 Å².